The molecule has 0 saturated carbocycles. The number of hydrogen-bond acceptors (Lipinski definition) is 10. The van der Waals surface area contributed by atoms with Gasteiger partial charge in [0.1, 0.15) is 18.4 Å². The maximum absolute atomic E-state index is 14.2. The second-order valence-electron chi connectivity index (χ2n) is 9.22. The molecule has 1 aromatic heterocycles. The molecule has 0 spiro atoms. The number of rotatable bonds is 12. The lowest BCUT2D eigenvalue weighted by Gasteiger charge is -2.27. The fraction of sp³-hybridized carbons (Fsp3) is 0.300. The number of non-ortho nitro benzene ring substituents is 1. The van der Waals surface area contributed by atoms with Crippen molar-refractivity contribution in [1.29, 1.82) is 0 Å². The molecule has 43 heavy (non-hydrogen) atoms. The number of carbonyl (C=O) groups excluding carboxylic acids is 1. The molecule has 13 heteroatoms. The first-order valence-corrected chi connectivity index (χ1v) is 14.5. The summed E-state index contributed by atoms with van der Waals surface area (Å²) in [5.74, 6) is 0.115. The molecule has 4 rings (SSSR count). The molecule has 0 aliphatic carbocycles. The first-order valence-electron chi connectivity index (χ1n) is 13.3. The van der Waals surface area contributed by atoms with E-state index in [1.807, 2.05) is 6.92 Å². The summed E-state index contributed by atoms with van der Waals surface area (Å²) >= 11 is 7.47. The van der Waals surface area contributed by atoms with Gasteiger partial charge in [0, 0.05) is 22.2 Å². The van der Waals surface area contributed by atoms with Crippen LogP contribution < -0.4 is 29.1 Å². The molecule has 3 aromatic rings. The zero-order valence-electron chi connectivity index (χ0n) is 24.0. The minimum Gasteiger partial charge on any atom is -0.496 e. The number of esters is 1. The Morgan fingerprint density at radius 2 is 1.95 bits per heavy atom. The van der Waals surface area contributed by atoms with Crippen molar-refractivity contribution in [2.75, 3.05) is 27.4 Å². The summed E-state index contributed by atoms with van der Waals surface area (Å²) in [6.45, 7) is 7.51. The van der Waals surface area contributed by atoms with E-state index >= 15 is 0 Å². The lowest BCUT2D eigenvalue weighted by Crippen LogP contribution is -2.40. The topological polar surface area (TPSA) is 131 Å². The van der Waals surface area contributed by atoms with Crippen LogP contribution in [0.3, 0.4) is 0 Å². The van der Waals surface area contributed by atoms with E-state index in [0.29, 0.717) is 39.7 Å². The van der Waals surface area contributed by atoms with Crippen LogP contribution in [-0.4, -0.2) is 42.9 Å². The summed E-state index contributed by atoms with van der Waals surface area (Å²) in [5.41, 5.74) is 0.657. The number of carbonyl (C=O) groups is 1. The quantitative estimate of drug-likeness (QED) is 0.122. The number of ether oxygens (including phenoxy) is 4. The van der Waals surface area contributed by atoms with Crippen molar-refractivity contribution in [3.63, 3.8) is 0 Å². The Labute approximate surface area is 256 Å². The monoisotopic (exact) mass is 627 g/mol. The normalized spacial score (nSPS) is 14.5. The summed E-state index contributed by atoms with van der Waals surface area (Å²) in [6.07, 6.45) is 4.12. The molecule has 0 radical (unpaired) electrons. The minimum atomic E-state index is -0.969. The molecule has 2 heterocycles. The SMILES string of the molecule is C=CCOc1c(/C=c2\sc3n(c2=O)[C@H](c2cc(Cl)ccc2OC)C(C(=O)OCC)=C(CCC)N=3)cc([N+](=O)[O-])cc1OC. The molecule has 11 nitrogen and oxygen atoms in total. The Morgan fingerprint density at radius 1 is 1.21 bits per heavy atom. The Bertz CT molecular complexity index is 1790. The minimum absolute atomic E-state index is 0.0914. The van der Waals surface area contributed by atoms with Gasteiger partial charge in [-0.1, -0.05) is 48.9 Å². The van der Waals surface area contributed by atoms with E-state index in [1.165, 1.54) is 43.1 Å². The second kappa shape index (κ2) is 13.7. The summed E-state index contributed by atoms with van der Waals surface area (Å²) in [5, 5.41) is 12.1. The van der Waals surface area contributed by atoms with Gasteiger partial charge >= 0.3 is 5.97 Å². The van der Waals surface area contributed by atoms with Gasteiger partial charge in [0.25, 0.3) is 11.2 Å². The van der Waals surface area contributed by atoms with Gasteiger partial charge in [-0.3, -0.25) is 19.5 Å². The number of methoxy groups -OCH3 is 2. The van der Waals surface area contributed by atoms with Gasteiger partial charge in [-0.2, -0.15) is 0 Å². The number of fused-ring (bicyclic) bond motifs is 1. The lowest BCUT2D eigenvalue weighted by molar-refractivity contribution is -0.385. The van der Waals surface area contributed by atoms with Crippen molar-refractivity contribution < 1.29 is 28.7 Å². The van der Waals surface area contributed by atoms with Crippen LogP contribution in [-0.2, 0) is 9.53 Å². The first kappa shape index (κ1) is 31.5. The largest absolute Gasteiger partial charge is 0.496 e. The molecule has 2 aromatic carbocycles. The Morgan fingerprint density at radius 3 is 2.58 bits per heavy atom. The van der Waals surface area contributed by atoms with Crippen LogP contribution in [0.25, 0.3) is 6.08 Å². The van der Waals surface area contributed by atoms with Crippen LogP contribution in [0, 0.1) is 10.1 Å². The number of aromatic nitrogens is 1. The molecule has 0 unspecified atom stereocenters. The van der Waals surface area contributed by atoms with Crippen LogP contribution in [0.1, 0.15) is 43.9 Å². The smallest absolute Gasteiger partial charge is 0.338 e. The van der Waals surface area contributed by atoms with Crippen LogP contribution in [0.15, 0.2) is 64.0 Å². The van der Waals surface area contributed by atoms with Crippen molar-refractivity contribution in [3.8, 4) is 17.2 Å². The third-order valence-electron chi connectivity index (χ3n) is 6.51. The number of nitro groups is 1. The maximum Gasteiger partial charge on any atom is 0.338 e. The number of nitro benzene ring substituents is 1. The van der Waals surface area contributed by atoms with Crippen LogP contribution in [0.5, 0.6) is 17.2 Å². The molecule has 0 bridgehead atoms. The number of halogens is 1. The molecular formula is C30H30ClN3O8S. The zero-order chi connectivity index (χ0) is 31.3. The van der Waals surface area contributed by atoms with Gasteiger partial charge in [0.15, 0.2) is 16.3 Å². The van der Waals surface area contributed by atoms with Gasteiger partial charge < -0.3 is 18.9 Å². The van der Waals surface area contributed by atoms with E-state index in [0.717, 1.165) is 11.3 Å². The van der Waals surface area contributed by atoms with E-state index in [4.69, 9.17) is 35.5 Å². The van der Waals surface area contributed by atoms with E-state index < -0.39 is 22.5 Å². The number of hydrogen-bond donors (Lipinski definition) is 0. The van der Waals surface area contributed by atoms with Crippen molar-refractivity contribution >= 4 is 40.7 Å². The van der Waals surface area contributed by atoms with E-state index in [9.17, 15) is 19.7 Å². The number of nitrogens with zero attached hydrogens (tertiary/aromatic N) is 3. The average molecular weight is 628 g/mol. The van der Waals surface area contributed by atoms with Gasteiger partial charge in [-0.05, 0) is 37.6 Å². The molecule has 0 N–H and O–H groups in total. The maximum atomic E-state index is 14.2. The van der Waals surface area contributed by atoms with Crippen molar-refractivity contribution in [1.82, 2.24) is 4.57 Å². The average Bonchev–Trinajstić information content (AvgIpc) is 3.29. The third-order valence-corrected chi connectivity index (χ3v) is 7.73. The van der Waals surface area contributed by atoms with Gasteiger partial charge in [-0.15, -0.1) is 0 Å². The predicted octanol–water partition coefficient (Wildman–Crippen LogP) is 4.72. The molecule has 0 amide bonds. The van der Waals surface area contributed by atoms with Gasteiger partial charge in [0.05, 0.1) is 47.6 Å². The van der Waals surface area contributed by atoms with Crippen molar-refractivity contribution in [2.24, 2.45) is 4.99 Å². The van der Waals surface area contributed by atoms with Crippen LogP contribution in [0.2, 0.25) is 5.02 Å². The van der Waals surface area contributed by atoms with Gasteiger partial charge in [0.2, 0.25) is 0 Å². The van der Waals surface area contributed by atoms with E-state index in [1.54, 1.807) is 25.1 Å². The molecule has 226 valence electrons. The molecule has 1 aliphatic rings. The van der Waals surface area contributed by atoms with Crippen molar-refractivity contribution in [2.45, 2.75) is 32.7 Å². The molecule has 1 atom stereocenters. The number of benzene rings is 2. The molecule has 0 saturated heterocycles. The highest BCUT2D eigenvalue weighted by Crippen LogP contribution is 2.39. The summed E-state index contributed by atoms with van der Waals surface area (Å²) in [7, 11) is 2.85. The summed E-state index contributed by atoms with van der Waals surface area (Å²) in [6, 6.07) is 6.52. The van der Waals surface area contributed by atoms with Gasteiger partial charge in [-0.25, -0.2) is 9.79 Å². The number of thiazole rings is 1. The Kier molecular flexibility index (Phi) is 10.0. The first-order chi connectivity index (χ1) is 20.7. The summed E-state index contributed by atoms with van der Waals surface area (Å²) < 4.78 is 23.8. The number of allylic oxidation sites excluding steroid dienone is 1. The highest BCUT2D eigenvalue weighted by atomic mass is 35.5. The second-order valence-corrected chi connectivity index (χ2v) is 10.7. The lowest BCUT2D eigenvalue weighted by atomic mass is 9.93. The zero-order valence-corrected chi connectivity index (χ0v) is 25.6. The van der Waals surface area contributed by atoms with Crippen LogP contribution in [0.4, 0.5) is 5.69 Å². The fourth-order valence-electron chi connectivity index (χ4n) is 4.74. The highest BCUT2D eigenvalue weighted by molar-refractivity contribution is 7.07. The molecule has 1 aliphatic heterocycles. The van der Waals surface area contributed by atoms with E-state index in [-0.39, 0.29) is 46.1 Å². The fourth-order valence-corrected chi connectivity index (χ4v) is 5.94. The Hall–Kier alpha value is -4.42. The van der Waals surface area contributed by atoms with Crippen LogP contribution >= 0.6 is 22.9 Å². The predicted molar refractivity (Wildman–Crippen MR) is 163 cm³/mol. The summed E-state index contributed by atoms with van der Waals surface area (Å²) in [4.78, 5) is 43.8. The van der Waals surface area contributed by atoms with E-state index in [2.05, 4.69) is 6.58 Å². The standard InChI is InChI=1S/C30H30ClN3O8S/c1-6-9-21-25(29(36)41-8-3)26(20-15-18(31)10-11-22(20)39-4)33-28(35)24(43-30(33)32-21)14-17-13-19(34(37)38)16-23(40-5)27(17)42-12-7-2/h7,10-11,13-16,26H,2,6,8-9,12H2,1,3-5H3/b24-14-/t26-/m1/s1. The Balaban J connectivity index is 2.08. The highest BCUT2D eigenvalue weighted by Gasteiger charge is 2.36. The molecule has 0 fully saturated rings. The van der Waals surface area contributed by atoms with Crippen molar-refractivity contribution in [3.05, 3.63) is 100 Å². The third kappa shape index (κ3) is 6.35. The molecular weight excluding hydrogens is 598 g/mol.